The largest absolute Gasteiger partial charge is 0.338 e. The summed E-state index contributed by atoms with van der Waals surface area (Å²) in [6.45, 7) is 6.22. The van der Waals surface area contributed by atoms with E-state index in [0.717, 1.165) is 17.7 Å². The highest BCUT2D eigenvalue weighted by Crippen LogP contribution is 2.25. The molecule has 0 bridgehead atoms. The van der Waals surface area contributed by atoms with Gasteiger partial charge >= 0.3 is 0 Å². The third kappa shape index (κ3) is 4.58. The van der Waals surface area contributed by atoms with E-state index < -0.39 is 15.8 Å². The van der Waals surface area contributed by atoms with Crippen LogP contribution in [0.2, 0.25) is 0 Å². The van der Waals surface area contributed by atoms with E-state index in [-0.39, 0.29) is 22.7 Å². The van der Waals surface area contributed by atoms with E-state index >= 15 is 0 Å². The Labute approximate surface area is 157 Å². The highest BCUT2D eigenvalue weighted by Gasteiger charge is 2.17. The molecule has 0 aliphatic carbocycles. The average molecular weight is 389 g/mol. The second-order valence-electron chi connectivity index (χ2n) is 7.12. The van der Waals surface area contributed by atoms with E-state index in [1.54, 1.807) is 0 Å². The maximum atomic E-state index is 12.9. The minimum atomic E-state index is -3.80. The van der Waals surface area contributed by atoms with Gasteiger partial charge in [-0.1, -0.05) is 50.2 Å². The summed E-state index contributed by atoms with van der Waals surface area (Å²) in [7, 11) is -3.80. The van der Waals surface area contributed by atoms with Crippen molar-refractivity contribution in [1.29, 1.82) is 0 Å². The number of nitrogens with one attached hydrogen (secondary N) is 1. The van der Waals surface area contributed by atoms with Gasteiger partial charge in [-0.25, -0.2) is 17.5 Å². The Morgan fingerprint density at radius 3 is 2.26 bits per heavy atom. The first-order valence-electron chi connectivity index (χ1n) is 8.34. The van der Waals surface area contributed by atoms with Crippen molar-refractivity contribution in [1.82, 2.24) is 14.9 Å². The summed E-state index contributed by atoms with van der Waals surface area (Å²) in [5.41, 5.74) is 2.00. The lowest BCUT2D eigenvalue weighted by molar-refractivity contribution is 0.376. The molecule has 0 amide bonds. The monoisotopic (exact) mass is 389 g/mol. The van der Waals surface area contributed by atoms with E-state index in [9.17, 15) is 12.8 Å². The van der Waals surface area contributed by atoms with Gasteiger partial charge in [0.1, 0.15) is 5.82 Å². The number of benzene rings is 2. The van der Waals surface area contributed by atoms with Crippen molar-refractivity contribution in [2.45, 2.75) is 37.6 Å². The van der Waals surface area contributed by atoms with Crippen LogP contribution in [0.1, 0.15) is 32.2 Å². The Morgan fingerprint density at radius 1 is 1.04 bits per heavy atom. The summed E-state index contributed by atoms with van der Waals surface area (Å²) in [6, 6.07) is 12.4. The summed E-state index contributed by atoms with van der Waals surface area (Å²) >= 11 is 0. The summed E-state index contributed by atoms with van der Waals surface area (Å²) < 4.78 is 44.8. The molecule has 3 aromatic rings. The fraction of sp³-hybridized carbons (Fsp3) is 0.263. The molecule has 0 spiro atoms. The Balaban J connectivity index is 1.70. The number of hydrogen-bond acceptors (Lipinski definition) is 5. The first kappa shape index (κ1) is 19.2. The number of aromatic nitrogens is 2. The van der Waals surface area contributed by atoms with Crippen LogP contribution in [0, 0.1) is 5.82 Å². The Hall–Kier alpha value is -2.58. The van der Waals surface area contributed by atoms with E-state index in [2.05, 4.69) is 35.6 Å². The smallest absolute Gasteiger partial charge is 0.242 e. The fourth-order valence-corrected chi connectivity index (χ4v) is 3.39. The van der Waals surface area contributed by atoms with Crippen molar-refractivity contribution < 1.29 is 17.3 Å². The van der Waals surface area contributed by atoms with Crippen LogP contribution in [-0.4, -0.2) is 18.6 Å². The van der Waals surface area contributed by atoms with Gasteiger partial charge in [0.25, 0.3) is 0 Å². The van der Waals surface area contributed by atoms with E-state index in [0.29, 0.717) is 5.82 Å². The van der Waals surface area contributed by atoms with Crippen molar-refractivity contribution in [3.05, 3.63) is 65.8 Å². The van der Waals surface area contributed by atoms with Crippen LogP contribution in [0.15, 0.2) is 57.9 Å². The van der Waals surface area contributed by atoms with Gasteiger partial charge in [-0.05, 0) is 35.2 Å². The zero-order chi connectivity index (χ0) is 19.7. The molecule has 0 atom stereocenters. The van der Waals surface area contributed by atoms with Crippen LogP contribution >= 0.6 is 0 Å². The summed E-state index contributed by atoms with van der Waals surface area (Å²) in [6.07, 6.45) is 0. The zero-order valence-electron chi connectivity index (χ0n) is 15.2. The predicted molar refractivity (Wildman–Crippen MR) is 98.9 cm³/mol. The zero-order valence-corrected chi connectivity index (χ0v) is 16.0. The number of nitrogens with zero attached hydrogens (tertiary/aromatic N) is 2. The van der Waals surface area contributed by atoms with Gasteiger partial charge in [0.15, 0.2) is 0 Å². The molecule has 0 saturated carbocycles. The molecule has 3 rings (SSSR count). The normalized spacial score (nSPS) is 12.3. The standard InChI is InChI=1S/C19H20FN3O3S/c1-19(2,3)14-6-4-13(5-7-14)18-22-17(26-23-18)12-21-27(24,25)16-10-8-15(20)9-11-16/h4-11,21H,12H2,1-3H3. The van der Waals surface area contributed by atoms with E-state index in [1.807, 2.05) is 24.3 Å². The molecular weight excluding hydrogens is 369 g/mol. The molecule has 2 aromatic carbocycles. The van der Waals surface area contributed by atoms with Crippen molar-refractivity contribution in [3.8, 4) is 11.4 Å². The first-order chi connectivity index (χ1) is 12.6. The topological polar surface area (TPSA) is 85.1 Å². The predicted octanol–water partition coefficient (Wildman–Crippen LogP) is 3.65. The van der Waals surface area contributed by atoms with Crippen LogP contribution in [0.4, 0.5) is 4.39 Å². The third-order valence-corrected chi connectivity index (χ3v) is 5.43. The second kappa shape index (κ2) is 7.21. The first-order valence-corrected chi connectivity index (χ1v) is 9.82. The molecule has 1 heterocycles. The maximum Gasteiger partial charge on any atom is 0.242 e. The lowest BCUT2D eigenvalue weighted by Crippen LogP contribution is -2.23. The van der Waals surface area contributed by atoms with Gasteiger partial charge in [-0.2, -0.15) is 4.98 Å². The molecule has 1 aromatic heterocycles. The molecular formula is C19H20FN3O3S. The van der Waals surface area contributed by atoms with Gasteiger partial charge < -0.3 is 4.52 Å². The number of halogens is 1. The van der Waals surface area contributed by atoms with Crippen molar-refractivity contribution >= 4 is 10.0 Å². The Morgan fingerprint density at radius 2 is 1.67 bits per heavy atom. The number of hydrogen-bond donors (Lipinski definition) is 1. The van der Waals surface area contributed by atoms with Crippen LogP contribution in [0.3, 0.4) is 0 Å². The van der Waals surface area contributed by atoms with Crippen LogP contribution < -0.4 is 4.72 Å². The Bertz CT molecular complexity index is 1020. The molecule has 0 radical (unpaired) electrons. The summed E-state index contributed by atoms with van der Waals surface area (Å²) in [5.74, 6) is 0.00926. The molecule has 142 valence electrons. The lowest BCUT2D eigenvalue weighted by Gasteiger charge is -2.18. The molecule has 0 fully saturated rings. The Kier molecular flexibility index (Phi) is 5.12. The quantitative estimate of drug-likeness (QED) is 0.720. The SMILES string of the molecule is CC(C)(C)c1ccc(-c2noc(CNS(=O)(=O)c3ccc(F)cc3)n2)cc1. The molecule has 0 aliphatic rings. The van der Waals surface area contributed by atoms with Gasteiger partial charge in [-0.3, -0.25) is 0 Å². The molecule has 6 nitrogen and oxygen atoms in total. The molecule has 0 aliphatic heterocycles. The lowest BCUT2D eigenvalue weighted by atomic mass is 9.87. The third-order valence-electron chi connectivity index (χ3n) is 4.01. The molecule has 0 unspecified atom stereocenters. The summed E-state index contributed by atoms with van der Waals surface area (Å²) in [5, 5.41) is 3.89. The minimum Gasteiger partial charge on any atom is -0.338 e. The highest BCUT2D eigenvalue weighted by atomic mass is 32.2. The van der Waals surface area contributed by atoms with Crippen molar-refractivity contribution in [2.24, 2.45) is 0 Å². The van der Waals surface area contributed by atoms with Gasteiger partial charge in [-0.15, -0.1) is 0 Å². The minimum absolute atomic E-state index is 0.0404. The van der Waals surface area contributed by atoms with Crippen molar-refractivity contribution in [3.63, 3.8) is 0 Å². The number of sulfonamides is 1. The van der Waals surface area contributed by atoms with Crippen LogP contribution in [0.5, 0.6) is 0 Å². The maximum absolute atomic E-state index is 12.9. The van der Waals surface area contributed by atoms with Crippen LogP contribution in [0.25, 0.3) is 11.4 Å². The molecule has 8 heteroatoms. The van der Waals surface area contributed by atoms with Gasteiger partial charge in [0.05, 0.1) is 11.4 Å². The van der Waals surface area contributed by atoms with Crippen LogP contribution in [-0.2, 0) is 22.0 Å². The summed E-state index contributed by atoms with van der Waals surface area (Å²) in [4.78, 5) is 4.18. The second-order valence-corrected chi connectivity index (χ2v) is 8.88. The van der Waals surface area contributed by atoms with E-state index in [1.165, 1.54) is 17.7 Å². The number of rotatable bonds is 5. The molecule has 27 heavy (non-hydrogen) atoms. The molecule has 0 saturated heterocycles. The fourth-order valence-electron chi connectivity index (χ4n) is 2.42. The average Bonchev–Trinajstić information content (AvgIpc) is 3.09. The highest BCUT2D eigenvalue weighted by molar-refractivity contribution is 7.89. The van der Waals surface area contributed by atoms with Gasteiger partial charge in [0, 0.05) is 5.56 Å². The molecule has 1 N–H and O–H groups in total. The van der Waals surface area contributed by atoms with E-state index in [4.69, 9.17) is 4.52 Å². The van der Waals surface area contributed by atoms with Crippen molar-refractivity contribution in [2.75, 3.05) is 0 Å². The van der Waals surface area contributed by atoms with Gasteiger partial charge in [0.2, 0.25) is 21.7 Å².